The largest absolute Gasteiger partial charge is 0.181 e. The molecule has 0 N–H and O–H groups in total. The number of hydrogen-bond donors (Lipinski definition) is 0. The Labute approximate surface area is 98.5 Å². The molecule has 0 amide bonds. The molecule has 1 heteroatoms. The molecule has 3 rings (SSSR count). The van der Waals surface area contributed by atoms with E-state index in [0.717, 1.165) is 6.42 Å². The fraction of sp³-hybridized carbons (Fsp3) is 0.200. The minimum atomic E-state index is 0.267. The topological polar surface area (TPSA) is 0 Å². The van der Waals surface area contributed by atoms with Crippen molar-refractivity contribution in [2.45, 2.75) is 13.3 Å². The average Bonchev–Trinajstić information content (AvgIpc) is 2.64. The van der Waals surface area contributed by atoms with Crippen molar-refractivity contribution in [1.29, 1.82) is 0 Å². The van der Waals surface area contributed by atoms with E-state index >= 15 is 0 Å². The summed E-state index contributed by atoms with van der Waals surface area (Å²) in [6.07, 6.45) is 3.45. The summed E-state index contributed by atoms with van der Waals surface area (Å²) in [4.78, 5) is 0. The standard InChI is InChI=1S/C15H15S/c1-3-11-8-9-15-13(10-11)12-6-4-5-7-14(12)16(15)2/h4-10H,3H2,1-2H3/q+1. The van der Waals surface area contributed by atoms with E-state index in [-0.39, 0.29) is 10.5 Å². The van der Waals surface area contributed by atoms with Gasteiger partial charge in [0.25, 0.3) is 0 Å². The predicted molar refractivity (Wildman–Crippen MR) is 74.3 cm³/mol. The Kier molecular flexibility index (Phi) is 2.22. The first kappa shape index (κ1) is 9.86. The summed E-state index contributed by atoms with van der Waals surface area (Å²) in [5, 5.41) is 2.90. The zero-order valence-electron chi connectivity index (χ0n) is 9.66. The SMILES string of the molecule is CCc1ccc2c(c1)c1ccccc1[s+]2C. The molecular formula is C15H15S+. The highest BCUT2D eigenvalue weighted by atomic mass is 32.2. The first-order chi connectivity index (χ1) is 7.81. The molecule has 0 radical (unpaired) electrons. The summed E-state index contributed by atoms with van der Waals surface area (Å²) in [7, 11) is 0.267. The summed E-state index contributed by atoms with van der Waals surface area (Å²) in [5.74, 6) is 0. The van der Waals surface area contributed by atoms with Gasteiger partial charge in [0.2, 0.25) is 0 Å². The molecule has 0 aliphatic rings. The van der Waals surface area contributed by atoms with E-state index in [1.807, 2.05) is 0 Å². The van der Waals surface area contributed by atoms with Crippen LogP contribution >= 0.6 is 10.5 Å². The van der Waals surface area contributed by atoms with Gasteiger partial charge in [-0.1, -0.05) is 25.1 Å². The number of rotatable bonds is 1. The summed E-state index contributed by atoms with van der Waals surface area (Å²) < 4.78 is 3.02. The molecule has 1 atom stereocenters. The number of thiophene rings is 1. The second kappa shape index (κ2) is 3.60. The van der Waals surface area contributed by atoms with Gasteiger partial charge < -0.3 is 0 Å². The van der Waals surface area contributed by atoms with Crippen LogP contribution in [0.5, 0.6) is 0 Å². The van der Waals surface area contributed by atoms with Crippen molar-refractivity contribution in [3.63, 3.8) is 0 Å². The fourth-order valence-electron chi connectivity index (χ4n) is 2.35. The fourth-order valence-corrected chi connectivity index (χ4v) is 4.15. The molecule has 0 aliphatic heterocycles. The summed E-state index contributed by atoms with van der Waals surface area (Å²) >= 11 is 0. The third kappa shape index (κ3) is 1.28. The van der Waals surface area contributed by atoms with Crippen LogP contribution in [-0.2, 0) is 12.7 Å². The molecule has 0 bridgehead atoms. The molecule has 1 aromatic heterocycles. The maximum atomic E-state index is 2.37. The first-order valence-electron chi connectivity index (χ1n) is 5.69. The molecule has 0 nitrogen and oxygen atoms in total. The van der Waals surface area contributed by atoms with Crippen molar-refractivity contribution in [2.24, 2.45) is 6.26 Å². The van der Waals surface area contributed by atoms with Crippen molar-refractivity contribution in [1.82, 2.24) is 0 Å². The number of hydrogen-bond acceptors (Lipinski definition) is 0. The second-order valence-electron chi connectivity index (χ2n) is 4.19. The van der Waals surface area contributed by atoms with Crippen LogP contribution in [0.1, 0.15) is 12.5 Å². The Bertz CT molecular complexity index is 662. The van der Waals surface area contributed by atoms with Gasteiger partial charge in [0, 0.05) is 10.8 Å². The van der Waals surface area contributed by atoms with E-state index in [0.29, 0.717) is 0 Å². The van der Waals surface area contributed by atoms with Crippen LogP contribution in [0.25, 0.3) is 20.2 Å². The lowest BCUT2D eigenvalue weighted by atomic mass is 10.1. The monoisotopic (exact) mass is 227 g/mol. The molecule has 0 saturated heterocycles. The smallest absolute Gasteiger partial charge is 0.0613 e. The molecule has 3 aromatic rings. The van der Waals surface area contributed by atoms with Crippen molar-refractivity contribution in [3.05, 3.63) is 48.0 Å². The number of aryl methyl sites for hydroxylation is 2. The molecule has 0 spiro atoms. The second-order valence-corrected chi connectivity index (χ2v) is 6.09. The van der Waals surface area contributed by atoms with Crippen LogP contribution in [-0.4, -0.2) is 0 Å². The zero-order chi connectivity index (χ0) is 11.1. The van der Waals surface area contributed by atoms with Gasteiger partial charge in [-0.25, -0.2) is 0 Å². The van der Waals surface area contributed by atoms with E-state index in [2.05, 4.69) is 55.6 Å². The normalized spacial score (nSPS) is 12.5. The average molecular weight is 227 g/mol. The molecule has 2 aromatic carbocycles. The van der Waals surface area contributed by atoms with Gasteiger partial charge in [0.05, 0.1) is 0 Å². The number of benzene rings is 2. The first-order valence-corrected chi connectivity index (χ1v) is 7.33. The molecule has 0 fully saturated rings. The number of fused-ring (bicyclic) bond motifs is 3. The maximum absolute atomic E-state index is 2.37. The molecular weight excluding hydrogens is 212 g/mol. The molecule has 0 aliphatic carbocycles. The van der Waals surface area contributed by atoms with Crippen LogP contribution in [0, 0.1) is 0 Å². The van der Waals surface area contributed by atoms with E-state index in [1.54, 1.807) is 0 Å². The minimum Gasteiger partial charge on any atom is -0.0613 e. The van der Waals surface area contributed by atoms with Gasteiger partial charge in [0.15, 0.2) is 9.40 Å². The third-order valence-electron chi connectivity index (χ3n) is 3.29. The van der Waals surface area contributed by atoms with E-state index in [4.69, 9.17) is 0 Å². The van der Waals surface area contributed by atoms with E-state index in [9.17, 15) is 0 Å². The Morgan fingerprint density at radius 1 is 0.938 bits per heavy atom. The van der Waals surface area contributed by atoms with Crippen LogP contribution in [0.15, 0.2) is 42.5 Å². The minimum absolute atomic E-state index is 0.267. The van der Waals surface area contributed by atoms with Gasteiger partial charge in [-0.05, 0) is 46.7 Å². The van der Waals surface area contributed by atoms with Crippen LogP contribution in [0.2, 0.25) is 0 Å². The lowest BCUT2D eigenvalue weighted by molar-refractivity contribution is 1.15. The van der Waals surface area contributed by atoms with Crippen LogP contribution < -0.4 is 0 Å². The van der Waals surface area contributed by atoms with Gasteiger partial charge in [-0.3, -0.25) is 0 Å². The summed E-state index contributed by atoms with van der Waals surface area (Å²) in [6.45, 7) is 2.22. The summed E-state index contributed by atoms with van der Waals surface area (Å²) in [5.41, 5.74) is 1.44. The highest BCUT2D eigenvalue weighted by Crippen LogP contribution is 2.40. The van der Waals surface area contributed by atoms with E-state index < -0.39 is 0 Å². The molecule has 1 unspecified atom stereocenters. The van der Waals surface area contributed by atoms with E-state index in [1.165, 1.54) is 25.7 Å². The zero-order valence-corrected chi connectivity index (χ0v) is 10.5. The highest BCUT2D eigenvalue weighted by molar-refractivity contribution is 7.41. The Morgan fingerprint density at radius 2 is 1.69 bits per heavy atom. The van der Waals surface area contributed by atoms with Crippen LogP contribution in [0.3, 0.4) is 0 Å². The van der Waals surface area contributed by atoms with Gasteiger partial charge >= 0.3 is 0 Å². The van der Waals surface area contributed by atoms with Crippen molar-refractivity contribution in [3.8, 4) is 0 Å². The lowest BCUT2D eigenvalue weighted by Crippen LogP contribution is -1.77. The Morgan fingerprint density at radius 3 is 2.50 bits per heavy atom. The molecule has 1 heterocycles. The van der Waals surface area contributed by atoms with Crippen molar-refractivity contribution in [2.75, 3.05) is 0 Å². The molecule has 0 saturated carbocycles. The Hall–Kier alpha value is -1.34. The predicted octanol–water partition coefficient (Wildman–Crippen LogP) is 4.84. The summed E-state index contributed by atoms with van der Waals surface area (Å²) in [6, 6.07) is 15.8. The molecule has 16 heavy (non-hydrogen) atoms. The lowest BCUT2D eigenvalue weighted by Gasteiger charge is -1.94. The third-order valence-corrected chi connectivity index (χ3v) is 5.32. The molecule has 80 valence electrons. The van der Waals surface area contributed by atoms with Gasteiger partial charge in [-0.2, -0.15) is 0 Å². The van der Waals surface area contributed by atoms with Crippen molar-refractivity contribution >= 4 is 30.6 Å². The van der Waals surface area contributed by atoms with Gasteiger partial charge in [-0.15, -0.1) is 0 Å². The quantitative estimate of drug-likeness (QED) is 0.522. The van der Waals surface area contributed by atoms with Gasteiger partial charge in [0.1, 0.15) is 6.26 Å². The maximum Gasteiger partial charge on any atom is 0.181 e. The Balaban J connectivity index is 2.52. The highest BCUT2D eigenvalue weighted by Gasteiger charge is 2.16. The van der Waals surface area contributed by atoms with Crippen LogP contribution in [0.4, 0.5) is 0 Å². The van der Waals surface area contributed by atoms with Crippen molar-refractivity contribution < 1.29 is 0 Å².